The van der Waals surface area contributed by atoms with Crippen LogP contribution in [0.4, 0.5) is 10.1 Å². The van der Waals surface area contributed by atoms with E-state index in [9.17, 15) is 14.5 Å². The van der Waals surface area contributed by atoms with E-state index in [1.807, 2.05) is 0 Å². The van der Waals surface area contributed by atoms with Crippen molar-refractivity contribution in [2.24, 2.45) is 0 Å². The zero-order chi connectivity index (χ0) is 14.1. The van der Waals surface area contributed by atoms with E-state index in [2.05, 4.69) is 9.97 Å². The molecule has 2 aromatic heterocycles. The Morgan fingerprint density at radius 2 is 2.10 bits per heavy atom. The van der Waals surface area contributed by atoms with Gasteiger partial charge in [-0.15, -0.1) is 0 Å². The minimum absolute atomic E-state index is 0.0855. The fraction of sp³-hybridized carbons (Fsp3) is 0. The van der Waals surface area contributed by atoms with Crippen LogP contribution in [0.15, 0.2) is 42.7 Å². The highest BCUT2D eigenvalue weighted by Gasteiger charge is 2.13. The lowest BCUT2D eigenvalue weighted by atomic mass is 10.3. The lowest BCUT2D eigenvalue weighted by molar-refractivity contribution is -0.385. The van der Waals surface area contributed by atoms with Crippen molar-refractivity contribution in [1.29, 1.82) is 0 Å². The fourth-order valence-electron chi connectivity index (χ4n) is 1.82. The molecule has 0 radical (unpaired) electrons. The van der Waals surface area contributed by atoms with Gasteiger partial charge in [0.2, 0.25) is 0 Å². The number of non-ortho nitro benzene ring substituents is 1. The quantitative estimate of drug-likeness (QED) is 0.585. The first kappa shape index (κ1) is 12.1. The smallest absolute Gasteiger partial charge is 0.272 e. The molecule has 0 bridgehead atoms. The van der Waals surface area contributed by atoms with Gasteiger partial charge >= 0.3 is 0 Å². The van der Waals surface area contributed by atoms with Gasteiger partial charge < -0.3 is 9.72 Å². The summed E-state index contributed by atoms with van der Waals surface area (Å²) in [6.07, 6.45) is 3.23. The molecule has 0 amide bonds. The summed E-state index contributed by atoms with van der Waals surface area (Å²) in [6, 6.07) is 6.57. The number of fused-ring (bicyclic) bond motifs is 1. The molecule has 0 saturated heterocycles. The molecule has 0 aliphatic rings. The van der Waals surface area contributed by atoms with Crippen molar-refractivity contribution in [2.75, 3.05) is 0 Å². The van der Waals surface area contributed by atoms with Crippen LogP contribution in [0.2, 0.25) is 0 Å². The van der Waals surface area contributed by atoms with Crippen LogP contribution in [-0.4, -0.2) is 14.9 Å². The molecular formula is C13H8FN3O3. The van der Waals surface area contributed by atoms with E-state index >= 15 is 0 Å². The van der Waals surface area contributed by atoms with Crippen molar-refractivity contribution in [1.82, 2.24) is 9.97 Å². The SMILES string of the molecule is O=[N+]([O-])c1ccc(Oc2ccnc3cc[nH]c23)c(F)c1. The number of hydrogen-bond donors (Lipinski definition) is 1. The first-order valence-corrected chi connectivity index (χ1v) is 5.69. The third kappa shape index (κ3) is 2.05. The Bertz CT molecular complexity index is 800. The predicted octanol–water partition coefficient (Wildman–Crippen LogP) is 3.40. The number of rotatable bonds is 3. The van der Waals surface area contributed by atoms with Crippen molar-refractivity contribution >= 4 is 16.7 Å². The number of ether oxygens (including phenoxy) is 1. The monoisotopic (exact) mass is 273 g/mol. The summed E-state index contributed by atoms with van der Waals surface area (Å²) in [5, 5.41) is 10.5. The third-order valence-electron chi connectivity index (χ3n) is 2.76. The van der Waals surface area contributed by atoms with Gasteiger partial charge in [0.05, 0.1) is 16.5 Å². The molecule has 0 saturated carbocycles. The number of nitrogens with one attached hydrogen (secondary N) is 1. The lowest BCUT2D eigenvalue weighted by Gasteiger charge is -2.07. The topological polar surface area (TPSA) is 81.1 Å². The summed E-state index contributed by atoms with van der Waals surface area (Å²) in [5.74, 6) is -0.485. The van der Waals surface area contributed by atoms with Gasteiger partial charge in [0.1, 0.15) is 5.52 Å². The second-order valence-electron chi connectivity index (χ2n) is 4.02. The number of pyridine rings is 1. The minimum Gasteiger partial charge on any atom is -0.452 e. The zero-order valence-corrected chi connectivity index (χ0v) is 10.0. The van der Waals surface area contributed by atoms with Crippen molar-refractivity contribution in [2.45, 2.75) is 0 Å². The molecule has 0 aliphatic carbocycles. The Morgan fingerprint density at radius 1 is 1.25 bits per heavy atom. The molecule has 0 fully saturated rings. The molecule has 0 unspecified atom stereocenters. The second kappa shape index (κ2) is 4.61. The fourth-order valence-corrected chi connectivity index (χ4v) is 1.82. The highest BCUT2D eigenvalue weighted by Crippen LogP contribution is 2.30. The summed E-state index contributed by atoms with van der Waals surface area (Å²) in [7, 11) is 0. The maximum absolute atomic E-state index is 13.8. The number of halogens is 1. The van der Waals surface area contributed by atoms with Crippen LogP contribution in [0.25, 0.3) is 11.0 Å². The molecule has 20 heavy (non-hydrogen) atoms. The van der Waals surface area contributed by atoms with Crippen molar-refractivity contribution < 1.29 is 14.1 Å². The summed E-state index contributed by atoms with van der Waals surface area (Å²) in [5.41, 5.74) is 0.990. The maximum atomic E-state index is 13.8. The van der Waals surface area contributed by atoms with Crippen molar-refractivity contribution in [3.05, 3.63) is 58.7 Å². The Kier molecular flexibility index (Phi) is 2.79. The zero-order valence-electron chi connectivity index (χ0n) is 10.0. The van der Waals surface area contributed by atoms with Crippen LogP contribution < -0.4 is 4.74 Å². The molecule has 7 heteroatoms. The first-order chi connectivity index (χ1) is 9.65. The molecule has 2 heterocycles. The average molecular weight is 273 g/mol. The van der Waals surface area contributed by atoms with Crippen LogP contribution in [0, 0.1) is 15.9 Å². The van der Waals surface area contributed by atoms with E-state index < -0.39 is 10.7 Å². The van der Waals surface area contributed by atoms with Crippen molar-refractivity contribution in [3.63, 3.8) is 0 Å². The summed E-state index contributed by atoms with van der Waals surface area (Å²) >= 11 is 0. The largest absolute Gasteiger partial charge is 0.452 e. The van der Waals surface area contributed by atoms with Gasteiger partial charge in [-0.05, 0) is 12.1 Å². The molecular weight excluding hydrogens is 265 g/mol. The molecule has 0 atom stereocenters. The van der Waals surface area contributed by atoms with Crippen LogP contribution >= 0.6 is 0 Å². The molecule has 3 rings (SSSR count). The van der Waals surface area contributed by atoms with E-state index in [0.717, 1.165) is 6.07 Å². The molecule has 3 aromatic rings. The summed E-state index contributed by atoms with van der Waals surface area (Å²) < 4.78 is 19.2. The normalized spacial score (nSPS) is 10.7. The molecule has 1 aromatic carbocycles. The highest BCUT2D eigenvalue weighted by molar-refractivity contribution is 5.81. The number of hydrogen-bond acceptors (Lipinski definition) is 4. The molecule has 1 N–H and O–H groups in total. The van der Waals surface area contributed by atoms with Crippen LogP contribution in [0.5, 0.6) is 11.5 Å². The molecule has 6 nitrogen and oxygen atoms in total. The number of nitrogens with zero attached hydrogens (tertiary/aromatic N) is 2. The van der Waals surface area contributed by atoms with Gasteiger partial charge in [-0.3, -0.25) is 15.1 Å². The van der Waals surface area contributed by atoms with Gasteiger partial charge in [-0.2, -0.15) is 0 Å². The summed E-state index contributed by atoms with van der Waals surface area (Å²) in [6.45, 7) is 0. The van der Waals surface area contributed by atoms with Crippen LogP contribution in [0.1, 0.15) is 0 Å². The van der Waals surface area contributed by atoms with E-state index in [1.165, 1.54) is 18.3 Å². The molecule has 0 aliphatic heterocycles. The van der Waals surface area contributed by atoms with Crippen molar-refractivity contribution in [3.8, 4) is 11.5 Å². The van der Waals surface area contributed by atoms with Gasteiger partial charge in [-0.25, -0.2) is 4.39 Å². The van der Waals surface area contributed by atoms with Gasteiger partial charge in [-0.1, -0.05) is 0 Å². The number of nitro benzene ring substituents is 1. The number of aromatic nitrogens is 2. The second-order valence-corrected chi connectivity index (χ2v) is 4.02. The van der Waals surface area contributed by atoms with E-state index in [-0.39, 0.29) is 11.4 Å². The number of benzene rings is 1. The number of nitro groups is 1. The Morgan fingerprint density at radius 3 is 2.85 bits per heavy atom. The van der Waals surface area contributed by atoms with E-state index in [4.69, 9.17) is 4.74 Å². The Labute approximate surface area is 112 Å². The Balaban J connectivity index is 1.99. The Hall–Kier alpha value is -2.96. The highest BCUT2D eigenvalue weighted by atomic mass is 19.1. The van der Waals surface area contributed by atoms with Gasteiger partial charge in [0.25, 0.3) is 5.69 Å². The summed E-state index contributed by atoms with van der Waals surface area (Å²) in [4.78, 5) is 16.9. The first-order valence-electron chi connectivity index (χ1n) is 5.69. The minimum atomic E-state index is -0.796. The standard InChI is InChI=1S/C13H8FN3O3/c14-9-7-8(17(18)19)1-2-11(9)20-12-4-6-15-10-3-5-16-13(10)12/h1-7,16H. The predicted molar refractivity (Wildman–Crippen MR) is 69.2 cm³/mol. The number of H-pyrrole nitrogens is 1. The van der Waals surface area contributed by atoms with E-state index in [0.29, 0.717) is 16.8 Å². The van der Waals surface area contributed by atoms with Crippen LogP contribution in [-0.2, 0) is 0 Å². The molecule has 100 valence electrons. The third-order valence-corrected chi connectivity index (χ3v) is 2.76. The number of aromatic amines is 1. The van der Waals surface area contributed by atoms with E-state index in [1.54, 1.807) is 18.3 Å². The maximum Gasteiger partial charge on any atom is 0.272 e. The van der Waals surface area contributed by atoms with Gasteiger partial charge in [0.15, 0.2) is 17.3 Å². The van der Waals surface area contributed by atoms with Crippen LogP contribution in [0.3, 0.4) is 0 Å². The average Bonchev–Trinajstić information content (AvgIpc) is 2.90. The lowest BCUT2D eigenvalue weighted by Crippen LogP contribution is -1.93. The van der Waals surface area contributed by atoms with Gasteiger partial charge in [0, 0.05) is 24.5 Å². The molecule has 0 spiro atoms.